The van der Waals surface area contributed by atoms with Crippen LogP contribution in [0.2, 0.25) is 0 Å². The molecule has 0 radical (unpaired) electrons. The third-order valence-electron chi connectivity index (χ3n) is 6.77. The molecule has 1 saturated carbocycles. The number of allylic oxidation sites excluding steroid dienone is 1. The van der Waals surface area contributed by atoms with Crippen LogP contribution in [-0.4, -0.2) is 34.8 Å². The largest absolute Gasteiger partial charge is 0.507 e. The predicted molar refractivity (Wildman–Crippen MR) is 120 cm³/mol. The molecule has 0 unspecified atom stereocenters. The Kier molecular flexibility index (Phi) is 5.56. The van der Waals surface area contributed by atoms with Gasteiger partial charge in [-0.15, -0.1) is 0 Å². The molecule has 2 aliphatic rings. The van der Waals surface area contributed by atoms with Crippen LogP contribution in [0, 0.1) is 11.8 Å². The molecule has 0 spiro atoms. The van der Waals surface area contributed by atoms with E-state index in [2.05, 4.69) is 13.8 Å². The number of carbonyl (C=O) groups is 1. The van der Waals surface area contributed by atoms with Gasteiger partial charge in [0.15, 0.2) is 5.78 Å². The van der Waals surface area contributed by atoms with Crippen LogP contribution in [0.3, 0.4) is 0 Å². The molecule has 5 nitrogen and oxygen atoms in total. The topological polar surface area (TPSA) is 76.0 Å². The van der Waals surface area contributed by atoms with E-state index >= 15 is 0 Å². The van der Waals surface area contributed by atoms with Gasteiger partial charge in [-0.3, -0.25) is 4.79 Å². The highest BCUT2D eigenvalue weighted by Gasteiger charge is 2.55. The Hall–Kier alpha value is -2.79. The Morgan fingerprint density at radius 2 is 2.00 bits per heavy atom. The van der Waals surface area contributed by atoms with Gasteiger partial charge < -0.3 is 19.7 Å². The number of hydrogen-bond donors (Lipinski definition) is 2. The molecule has 164 valence electrons. The van der Waals surface area contributed by atoms with Crippen molar-refractivity contribution in [3.63, 3.8) is 0 Å². The Balaban J connectivity index is 1.82. The lowest BCUT2D eigenvalue weighted by Gasteiger charge is -2.44. The average molecular weight is 423 g/mol. The fourth-order valence-electron chi connectivity index (χ4n) is 5.13. The number of phenolic OH excluding ortho intramolecular Hbond substituents is 1. The van der Waals surface area contributed by atoms with Gasteiger partial charge >= 0.3 is 0 Å². The zero-order valence-corrected chi connectivity index (χ0v) is 18.5. The molecule has 1 aliphatic heterocycles. The number of aromatic hydroxyl groups is 1. The molecule has 2 N–H and O–H groups in total. The summed E-state index contributed by atoms with van der Waals surface area (Å²) < 4.78 is 11.9. The maximum atomic E-state index is 13.2. The quantitative estimate of drug-likeness (QED) is 0.526. The highest BCUT2D eigenvalue weighted by molar-refractivity contribution is 6.11. The summed E-state index contributed by atoms with van der Waals surface area (Å²) in [5, 5.41) is 21.8. The molecule has 5 heteroatoms. The smallest absolute Gasteiger partial charge is 0.193 e. The fraction of sp³-hybridized carbons (Fsp3) is 0.423. The summed E-state index contributed by atoms with van der Waals surface area (Å²) >= 11 is 0. The molecule has 2 aromatic rings. The zero-order chi connectivity index (χ0) is 22.3. The van der Waals surface area contributed by atoms with Crippen LogP contribution in [0.4, 0.5) is 0 Å². The van der Waals surface area contributed by atoms with Gasteiger partial charge in [0.05, 0.1) is 12.7 Å². The summed E-state index contributed by atoms with van der Waals surface area (Å²) in [5.74, 6) is 0.826. The van der Waals surface area contributed by atoms with Crippen LogP contribution >= 0.6 is 0 Å². The van der Waals surface area contributed by atoms with Crippen molar-refractivity contribution in [1.82, 2.24) is 0 Å². The molecule has 31 heavy (non-hydrogen) atoms. The van der Waals surface area contributed by atoms with Crippen LogP contribution in [0.25, 0.3) is 6.08 Å². The second-order valence-corrected chi connectivity index (χ2v) is 9.19. The molecule has 1 aliphatic carbocycles. The molecule has 1 heterocycles. The van der Waals surface area contributed by atoms with E-state index in [0.29, 0.717) is 23.8 Å². The lowest BCUT2D eigenvalue weighted by Crippen LogP contribution is -2.51. The molecule has 0 amide bonds. The summed E-state index contributed by atoms with van der Waals surface area (Å²) in [4.78, 5) is 13.2. The summed E-state index contributed by atoms with van der Waals surface area (Å²) in [6, 6.07) is 11.0. The number of ketones is 1. The number of aliphatic hydroxyl groups is 1. The second kappa shape index (κ2) is 8.04. The van der Waals surface area contributed by atoms with E-state index in [-0.39, 0.29) is 28.9 Å². The first-order chi connectivity index (χ1) is 14.7. The van der Waals surface area contributed by atoms with Crippen molar-refractivity contribution in [2.24, 2.45) is 11.8 Å². The zero-order valence-electron chi connectivity index (χ0n) is 18.5. The van der Waals surface area contributed by atoms with Crippen molar-refractivity contribution in [2.45, 2.75) is 51.2 Å². The highest BCUT2D eigenvalue weighted by Crippen LogP contribution is 2.58. The normalized spacial score (nSPS) is 27.1. The third kappa shape index (κ3) is 3.72. The van der Waals surface area contributed by atoms with Gasteiger partial charge in [0.2, 0.25) is 0 Å². The van der Waals surface area contributed by atoms with Crippen LogP contribution in [-0.2, 0) is 0 Å². The van der Waals surface area contributed by atoms with Gasteiger partial charge in [-0.2, -0.15) is 0 Å². The van der Waals surface area contributed by atoms with E-state index in [1.54, 1.807) is 20.1 Å². The maximum absolute atomic E-state index is 13.2. The van der Waals surface area contributed by atoms with Gasteiger partial charge in [-0.05, 0) is 43.2 Å². The summed E-state index contributed by atoms with van der Waals surface area (Å²) in [6.07, 6.45) is 4.14. The van der Waals surface area contributed by atoms with Crippen molar-refractivity contribution >= 4 is 11.9 Å². The molecular weight excluding hydrogens is 392 g/mol. The van der Waals surface area contributed by atoms with Gasteiger partial charge in [-0.25, -0.2) is 0 Å². The van der Waals surface area contributed by atoms with E-state index < -0.39 is 11.7 Å². The van der Waals surface area contributed by atoms with Gasteiger partial charge in [0.1, 0.15) is 28.9 Å². The Labute approximate surface area is 183 Å². The maximum Gasteiger partial charge on any atom is 0.193 e. The molecule has 1 fully saturated rings. The van der Waals surface area contributed by atoms with Crippen molar-refractivity contribution in [2.75, 3.05) is 7.11 Å². The third-order valence-corrected chi connectivity index (χ3v) is 6.77. The monoisotopic (exact) mass is 422 g/mol. The van der Waals surface area contributed by atoms with Crippen molar-refractivity contribution in [3.05, 3.63) is 59.2 Å². The van der Waals surface area contributed by atoms with E-state index in [1.807, 2.05) is 30.3 Å². The number of rotatable bonds is 5. The van der Waals surface area contributed by atoms with E-state index in [9.17, 15) is 15.0 Å². The number of phenols is 1. The number of methoxy groups -OCH3 is 1. The second-order valence-electron chi connectivity index (χ2n) is 9.19. The Bertz CT molecular complexity index is 1010. The molecule has 2 aromatic carbocycles. The van der Waals surface area contributed by atoms with E-state index in [0.717, 1.165) is 17.5 Å². The molecular formula is C26H30O5. The summed E-state index contributed by atoms with van der Waals surface area (Å²) in [7, 11) is 1.55. The molecule has 0 bridgehead atoms. The SMILES string of the molecule is COc1cc(O)c(C(=O)/C=C/c2ccccc2)c2c1[C@@H]1[C@@H](C(C)C)CC[C@](C)(O)[C@@H]1O2. The molecule has 4 rings (SSSR count). The number of carbonyl (C=O) groups excluding carboxylic acids is 1. The minimum Gasteiger partial charge on any atom is -0.507 e. The Morgan fingerprint density at radius 1 is 1.29 bits per heavy atom. The molecule has 0 saturated heterocycles. The van der Waals surface area contributed by atoms with E-state index in [4.69, 9.17) is 9.47 Å². The first-order valence-electron chi connectivity index (χ1n) is 10.8. The standard InChI is InChI=1S/C26H30O5/c1-15(2)17-12-13-26(3,29)25-21(17)23-20(30-4)14-19(28)22(24(23)31-25)18(27)11-10-16-8-6-5-7-9-16/h5-11,14-15,17,21,25,28-29H,12-13H2,1-4H3/b11-10+/t17-,21+,25-,26+/m1/s1. The van der Waals surface area contributed by atoms with Crippen molar-refractivity contribution in [3.8, 4) is 17.2 Å². The number of ether oxygens (including phenoxy) is 2. The number of hydrogen-bond acceptors (Lipinski definition) is 5. The van der Waals surface area contributed by atoms with Gasteiger partial charge in [-0.1, -0.05) is 50.3 Å². The first kappa shape index (κ1) is 21.4. The van der Waals surface area contributed by atoms with E-state index in [1.165, 1.54) is 12.1 Å². The Morgan fingerprint density at radius 3 is 2.65 bits per heavy atom. The predicted octanol–water partition coefficient (Wildman–Crippen LogP) is 4.96. The minimum atomic E-state index is -1.03. The number of benzene rings is 2. The van der Waals surface area contributed by atoms with Crippen LogP contribution in [0.5, 0.6) is 17.2 Å². The summed E-state index contributed by atoms with van der Waals surface area (Å²) in [5.41, 5.74) is 0.754. The summed E-state index contributed by atoms with van der Waals surface area (Å²) in [6.45, 7) is 6.12. The minimum absolute atomic E-state index is 0.112. The molecule has 4 atom stereocenters. The van der Waals surface area contributed by atoms with Crippen molar-refractivity contribution in [1.29, 1.82) is 0 Å². The van der Waals surface area contributed by atoms with Gasteiger partial charge in [0.25, 0.3) is 0 Å². The van der Waals surface area contributed by atoms with Crippen LogP contribution in [0.15, 0.2) is 42.5 Å². The average Bonchev–Trinajstić information content (AvgIpc) is 3.13. The first-order valence-corrected chi connectivity index (χ1v) is 10.8. The van der Waals surface area contributed by atoms with Crippen LogP contribution < -0.4 is 9.47 Å². The fourth-order valence-corrected chi connectivity index (χ4v) is 5.13. The van der Waals surface area contributed by atoms with Gasteiger partial charge in [0, 0.05) is 17.5 Å². The lowest BCUT2D eigenvalue weighted by molar-refractivity contribution is -0.0919. The van der Waals surface area contributed by atoms with Crippen LogP contribution in [0.1, 0.15) is 61.0 Å². The number of fused-ring (bicyclic) bond motifs is 3. The lowest BCUT2D eigenvalue weighted by atomic mass is 9.65. The van der Waals surface area contributed by atoms with Crippen molar-refractivity contribution < 1.29 is 24.5 Å². The highest BCUT2D eigenvalue weighted by atomic mass is 16.5. The molecule has 0 aromatic heterocycles.